The molecule has 7 heteroatoms. The smallest absolute Gasteiger partial charge is 0.248 e. The van der Waals surface area contributed by atoms with E-state index in [1.54, 1.807) is 4.68 Å². The van der Waals surface area contributed by atoms with Gasteiger partial charge in [-0.25, -0.2) is 4.68 Å². The fourth-order valence-corrected chi connectivity index (χ4v) is 2.17. The van der Waals surface area contributed by atoms with Crippen molar-refractivity contribution in [2.24, 2.45) is 0 Å². The van der Waals surface area contributed by atoms with Crippen LogP contribution in [0.25, 0.3) is 11.4 Å². The molecule has 0 aliphatic rings. The highest BCUT2D eigenvalue weighted by Crippen LogP contribution is 2.21. The molecule has 1 atom stereocenters. The third kappa shape index (κ3) is 3.02. The molecule has 1 unspecified atom stereocenters. The van der Waals surface area contributed by atoms with Crippen molar-refractivity contribution in [1.82, 2.24) is 25.1 Å². The molecule has 2 aromatic heterocycles. The molecule has 108 valence electrons. The van der Waals surface area contributed by atoms with Crippen LogP contribution >= 0.6 is 15.9 Å². The van der Waals surface area contributed by atoms with Gasteiger partial charge in [-0.2, -0.15) is 4.98 Å². The highest BCUT2D eigenvalue weighted by molar-refractivity contribution is 9.09. The number of nitrogens with zero attached hydrogens (tertiary/aromatic N) is 5. The molecule has 0 saturated carbocycles. The number of halogens is 1. The lowest BCUT2D eigenvalue weighted by molar-refractivity contribution is 0.364. The van der Waals surface area contributed by atoms with Crippen molar-refractivity contribution in [2.45, 2.75) is 25.2 Å². The second kappa shape index (κ2) is 5.77. The minimum atomic E-state index is 0.163. The van der Waals surface area contributed by atoms with Crippen LogP contribution in [0.4, 0.5) is 0 Å². The van der Waals surface area contributed by atoms with Crippen LogP contribution in [-0.4, -0.2) is 25.1 Å². The third-order valence-corrected chi connectivity index (χ3v) is 3.58. The van der Waals surface area contributed by atoms with Crippen molar-refractivity contribution in [3.05, 3.63) is 47.6 Å². The van der Waals surface area contributed by atoms with Crippen molar-refractivity contribution < 1.29 is 4.52 Å². The van der Waals surface area contributed by atoms with Crippen LogP contribution in [0.3, 0.4) is 0 Å². The van der Waals surface area contributed by atoms with Gasteiger partial charge in [-0.05, 0) is 19.4 Å². The fourth-order valence-electron chi connectivity index (χ4n) is 1.96. The lowest BCUT2D eigenvalue weighted by atomic mass is 10.1. The van der Waals surface area contributed by atoms with Gasteiger partial charge >= 0.3 is 0 Å². The van der Waals surface area contributed by atoms with E-state index in [-0.39, 0.29) is 4.83 Å². The quantitative estimate of drug-likeness (QED) is 0.678. The molecule has 21 heavy (non-hydrogen) atoms. The van der Waals surface area contributed by atoms with Crippen LogP contribution in [0.5, 0.6) is 0 Å². The van der Waals surface area contributed by atoms with Crippen molar-refractivity contribution in [3.8, 4) is 11.4 Å². The predicted molar refractivity (Wildman–Crippen MR) is 80.9 cm³/mol. The molecule has 0 saturated heterocycles. The van der Waals surface area contributed by atoms with E-state index >= 15 is 0 Å². The van der Waals surface area contributed by atoms with E-state index in [0.29, 0.717) is 18.3 Å². The van der Waals surface area contributed by atoms with Gasteiger partial charge in [0.05, 0.1) is 16.7 Å². The summed E-state index contributed by atoms with van der Waals surface area (Å²) >= 11 is 3.46. The zero-order valence-electron chi connectivity index (χ0n) is 11.7. The number of hydrogen-bond donors (Lipinski definition) is 0. The van der Waals surface area contributed by atoms with Crippen LogP contribution in [0.15, 0.2) is 35.0 Å². The number of aromatic nitrogens is 5. The van der Waals surface area contributed by atoms with Crippen molar-refractivity contribution >= 4 is 15.9 Å². The Morgan fingerprint density at radius 2 is 2.14 bits per heavy atom. The molecule has 0 radical (unpaired) electrons. The van der Waals surface area contributed by atoms with Gasteiger partial charge in [0.15, 0.2) is 0 Å². The Morgan fingerprint density at radius 1 is 1.33 bits per heavy atom. The van der Waals surface area contributed by atoms with Crippen LogP contribution < -0.4 is 0 Å². The van der Waals surface area contributed by atoms with E-state index in [1.807, 2.05) is 44.3 Å². The molecule has 3 rings (SSSR count). The van der Waals surface area contributed by atoms with Gasteiger partial charge in [-0.15, -0.1) is 5.10 Å². The largest absolute Gasteiger partial charge is 0.337 e. The van der Waals surface area contributed by atoms with Crippen LogP contribution in [-0.2, 0) is 6.54 Å². The van der Waals surface area contributed by atoms with Crippen molar-refractivity contribution in [2.75, 3.05) is 0 Å². The lowest BCUT2D eigenvalue weighted by Crippen LogP contribution is -2.00. The predicted octanol–water partition coefficient (Wildman–Crippen LogP) is 3.14. The minimum absolute atomic E-state index is 0.163. The topological polar surface area (TPSA) is 69.6 Å². The zero-order valence-corrected chi connectivity index (χ0v) is 13.3. The van der Waals surface area contributed by atoms with Crippen LogP contribution in [0, 0.1) is 6.92 Å². The van der Waals surface area contributed by atoms with Crippen molar-refractivity contribution in [1.29, 1.82) is 0 Å². The minimum Gasteiger partial charge on any atom is -0.337 e. The first-order valence-corrected chi connectivity index (χ1v) is 7.48. The Morgan fingerprint density at radius 3 is 2.86 bits per heavy atom. The average molecular weight is 348 g/mol. The third-order valence-electron chi connectivity index (χ3n) is 3.12. The van der Waals surface area contributed by atoms with Gasteiger partial charge in [0.2, 0.25) is 11.7 Å². The van der Waals surface area contributed by atoms with E-state index in [4.69, 9.17) is 4.52 Å². The Bertz CT molecular complexity index is 749. The maximum absolute atomic E-state index is 5.29. The molecule has 0 spiro atoms. The maximum Gasteiger partial charge on any atom is 0.248 e. The monoisotopic (exact) mass is 347 g/mol. The summed E-state index contributed by atoms with van der Waals surface area (Å²) in [7, 11) is 0. The summed E-state index contributed by atoms with van der Waals surface area (Å²) in [6.45, 7) is 4.43. The number of benzene rings is 1. The molecular weight excluding hydrogens is 334 g/mol. The maximum atomic E-state index is 5.29. The summed E-state index contributed by atoms with van der Waals surface area (Å²) in [5.74, 6) is 1.10. The summed E-state index contributed by atoms with van der Waals surface area (Å²) in [4.78, 5) is 4.58. The molecule has 0 bridgehead atoms. The van der Waals surface area contributed by atoms with Gasteiger partial charge in [-0.3, -0.25) is 0 Å². The Balaban J connectivity index is 1.80. The highest BCUT2D eigenvalue weighted by Gasteiger charge is 2.12. The molecule has 6 nitrogen and oxygen atoms in total. The van der Waals surface area contributed by atoms with Gasteiger partial charge < -0.3 is 4.52 Å². The number of hydrogen-bond acceptors (Lipinski definition) is 5. The summed E-state index contributed by atoms with van der Waals surface area (Å²) in [5.41, 5.74) is 2.95. The van der Waals surface area contributed by atoms with Gasteiger partial charge in [0, 0.05) is 5.56 Å². The standard InChI is InChI=1S/C14H14BrN5O/c1-9-5-3-4-6-11(9)14-16-13(21-18-14)8-20-7-12(10(2)15)17-19-20/h3-7,10H,8H2,1-2H3. The van der Waals surface area contributed by atoms with Crippen LogP contribution in [0.2, 0.25) is 0 Å². The molecule has 1 aromatic carbocycles. The summed E-state index contributed by atoms with van der Waals surface area (Å²) in [5, 5.41) is 12.1. The average Bonchev–Trinajstić information content (AvgIpc) is 3.09. The van der Waals surface area contributed by atoms with Gasteiger partial charge in [-0.1, -0.05) is 50.6 Å². The lowest BCUT2D eigenvalue weighted by Gasteiger charge is -1.98. The van der Waals surface area contributed by atoms with Crippen molar-refractivity contribution in [3.63, 3.8) is 0 Å². The molecule has 0 amide bonds. The highest BCUT2D eigenvalue weighted by atomic mass is 79.9. The van der Waals surface area contributed by atoms with E-state index in [9.17, 15) is 0 Å². The Labute approximate surface area is 130 Å². The number of alkyl halides is 1. The molecule has 2 heterocycles. The number of aryl methyl sites for hydroxylation is 1. The van der Waals surface area contributed by atoms with E-state index in [0.717, 1.165) is 16.8 Å². The second-order valence-corrected chi connectivity index (χ2v) is 6.16. The van der Waals surface area contributed by atoms with Crippen LogP contribution in [0.1, 0.15) is 28.9 Å². The first-order valence-electron chi connectivity index (χ1n) is 6.56. The van der Waals surface area contributed by atoms with Gasteiger partial charge in [0.1, 0.15) is 6.54 Å². The Hall–Kier alpha value is -2.02. The second-order valence-electron chi connectivity index (χ2n) is 4.78. The first kappa shape index (κ1) is 13.9. The van der Waals surface area contributed by atoms with E-state index < -0.39 is 0 Å². The Kier molecular flexibility index (Phi) is 3.83. The van der Waals surface area contributed by atoms with Gasteiger partial charge in [0.25, 0.3) is 0 Å². The molecule has 0 aliphatic carbocycles. The summed E-state index contributed by atoms with van der Waals surface area (Å²) in [6.07, 6.45) is 1.86. The normalized spacial score (nSPS) is 12.5. The molecule has 0 N–H and O–H groups in total. The molecular formula is C14H14BrN5O. The zero-order chi connectivity index (χ0) is 14.8. The SMILES string of the molecule is Cc1ccccc1-c1noc(Cn2cc(C(C)Br)nn2)n1. The fraction of sp³-hybridized carbons (Fsp3) is 0.286. The number of rotatable bonds is 4. The summed E-state index contributed by atoms with van der Waals surface area (Å²) in [6, 6.07) is 7.94. The first-order chi connectivity index (χ1) is 10.1. The van der Waals surface area contributed by atoms with E-state index in [2.05, 4.69) is 36.4 Å². The summed E-state index contributed by atoms with van der Waals surface area (Å²) < 4.78 is 6.97. The van der Waals surface area contributed by atoms with E-state index in [1.165, 1.54) is 0 Å². The molecule has 3 aromatic rings. The molecule has 0 fully saturated rings. The molecule has 0 aliphatic heterocycles.